The Morgan fingerprint density at radius 2 is 2.00 bits per heavy atom. The molecule has 1 aromatic rings. The van der Waals surface area contributed by atoms with Crippen LogP contribution in [0.2, 0.25) is 0 Å². The Bertz CT molecular complexity index is 233. The summed E-state index contributed by atoms with van der Waals surface area (Å²) >= 11 is 0. The summed E-state index contributed by atoms with van der Waals surface area (Å²) in [5, 5.41) is 1.28. The lowest BCUT2D eigenvalue weighted by atomic mass is 10.1. The van der Waals surface area contributed by atoms with Crippen LogP contribution in [0.1, 0.15) is 11.1 Å². The van der Waals surface area contributed by atoms with Crippen molar-refractivity contribution in [3.63, 3.8) is 0 Å². The smallest absolute Gasteiger partial charge is 0.0561 e. The third-order valence-corrected chi connectivity index (χ3v) is 2.61. The van der Waals surface area contributed by atoms with Gasteiger partial charge in [0.25, 0.3) is 0 Å². The summed E-state index contributed by atoms with van der Waals surface area (Å²) in [4.78, 5) is 0. The highest BCUT2D eigenvalue weighted by molar-refractivity contribution is 6.97. The molecule has 0 saturated heterocycles. The molecule has 0 saturated carbocycles. The SMILES string of the molecule is [B][Si]c1cccc(C)c1C. The van der Waals surface area contributed by atoms with E-state index in [2.05, 4.69) is 32.0 Å². The van der Waals surface area contributed by atoms with Crippen molar-refractivity contribution in [1.82, 2.24) is 0 Å². The molecule has 0 aliphatic carbocycles. The molecule has 1 rings (SSSR count). The molecule has 0 N–H and O–H groups in total. The predicted octanol–water partition coefficient (Wildman–Crippen LogP) is 0.716. The molecule has 0 aliphatic rings. The molecule has 10 heavy (non-hydrogen) atoms. The lowest BCUT2D eigenvalue weighted by molar-refractivity contribution is 1.37. The standard InChI is InChI=1S/C8H9BSi/c1-6-4-3-5-8(10-9)7(6)2/h3-5H,1-2H3. The molecular formula is C8H9BSi. The van der Waals surface area contributed by atoms with Crippen LogP contribution in [0.4, 0.5) is 0 Å². The van der Waals surface area contributed by atoms with Crippen LogP contribution in [-0.4, -0.2) is 16.8 Å². The normalized spacial score (nSPS) is 9.80. The van der Waals surface area contributed by atoms with Crippen LogP contribution < -0.4 is 5.19 Å². The largest absolute Gasteiger partial charge is 0.0709 e. The maximum absolute atomic E-state index is 5.55. The van der Waals surface area contributed by atoms with Gasteiger partial charge in [0.1, 0.15) is 0 Å². The highest BCUT2D eigenvalue weighted by Gasteiger charge is 1.95. The Hall–Kier alpha value is -0.498. The summed E-state index contributed by atoms with van der Waals surface area (Å²) in [6.45, 7) is 4.23. The first-order valence-corrected chi connectivity index (χ1v) is 4.36. The number of hydrogen-bond acceptors (Lipinski definition) is 0. The quantitative estimate of drug-likeness (QED) is 0.509. The Kier molecular flexibility index (Phi) is 2.33. The van der Waals surface area contributed by atoms with E-state index in [1.54, 1.807) is 0 Å². The highest BCUT2D eigenvalue weighted by atomic mass is 28.2. The maximum Gasteiger partial charge on any atom is 0.0561 e. The number of benzene rings is 1. The molecular weight excluding hydrogens is 135 g/mol. The second-order valence-electron chi connectivity index (χ2n) is 2.39. The summed E-state index contributed by atoms with van der Waals surface area (Å²) in [7, 11) is 5.97. The lowest BCUT2D eigenvalue weighted by Gasteiger charge is -2.04. The van der Waals surface area contributed by atoms with Gasteiger partial charge in [-0.3, -0.25) is 0 Å². The van der Waals surface area contributed by atoms with E-state index in [0.717, 1.165) is 0 Å². The first-order valence-electron chi connectivity index (χ1n) is 3.28. The number of rotatable bonds is 1. The topological polar surface area (TPSA) is 0 Å². The zero-order chi connectivity index (χ0) is 7.56. The van der Waals surface area contributed by atoms with E-state index >= 15 is 0 Å². The molecule has 0 aromatic heterocycles. The molecule has 0 amide bonds. The third kappa shape index (κ3) is 1.32. The van der Waals surface area contributed by atoms with Gasteiger partial charge in [-0.2, -0.15) is 0 Å². The minimum Gasteiger partial charge on any atom is -0.0709 e. The van der Waals surface area contributed by atoms with Crippen LogP contribution in [0.25, 0.3) is 0 Å². The van der Waals surface area contributed by atoms with Gasteiger partial charge in [0.2, 0.25) is 0 Å². The molecule has 0 nitrogen and oxygen atoms in total. The molecule has 0 atom stereocenters. The number of hydrogen-bond donors (Lipinski definition) is 0. The molecule has 4 radical (unpaired) electrons. The molecule has 0 spiro atoms. The highest BCUT2D eigenvalue weighted by Crippen LogP contribution is 2.00. The summed E-state index contributed by atoms with van der Waals surface area (Å²) in [5.74, 6) is 0. The van der Waals surface area contributed by atoms with Crippen molar-refractivity contribution in [2.45, 2.75) is 13.8 Å². The van der Waals surface area contributed by atoms with E-state index in [1.807, 2.05) is 0 Å². The van der Waals surface area contributed by atoms with E-state index in [-0.39, 0.29) is 0 Å². The van der Waals surface area contributed by atoms with Gasteiger partial charge in [0, 0.05) is 9.39 Å². The van der Waals surface area contributed by atoms with E-state index in [0.29, 0.717) is 9.39 Å². The molecule has 2 heteroatoms. The van der Waals surface area contributed by atoms with E-state index < -0.39 is 0 Å². The minimum absolute atomic E-state index is 0.425. The molecule has 0 unspecified atom stereocenters. The van der Waals surface area contributed by atoms with Crippen molar-refractivity contribution in [3.05, 3.63) is 29.3 Å². The van der Waals surface area contributed by atoms with Crippen LogP contribution in [-0.2, 0) is 0 Å². The van der Waals surface area contributed by atoms with Gasteiger partial charge in [0.05, 0.1) is 7.44 Å². The molecule has 0 fully saturated rings. The first kappa shape index (κ1) is 7.61. The van der Waals surface area contributed by atoms with Gasteiger partial charge >= 0.3 is 0 Å². The van der Waals surface area contributed by atoms with Crippen molar-refractivity contribution in [1.29, 1.82) is 0 Å². The Morgan fingerprint density at radius 3 is 2.50 bits per heavy atom. The summed E-state index contributed by atoms with van der Waals surface area (Å²) in [6, 6.07) is 6.25. The van der Waals surface area contributed by atoms with Gasteiger partial charge in [-0.25, -0.2) is 0 Å². The van der Waals surface area contributed by atoms with Crippen LogP contribution in [0.15, 0.2) is 18.2 Å². The van der Waals surface area contributed by atoms with Crippen LogP contribution in [0.3, 0.4) is 0 Å². The predicted molar refractivity (Wildman–Crippen MR) is 47.1 cm³/mol. The summed E-state index contributed by atoms with van der Waals surface area (Å²) < 4.78 is 0. The fourth-order valence-electron chi connectivity index (χ4n) is 0.907. The van der Waals surface area contributed by atoms with E-state index in [1.165, 1.54) is 16.3 Å². The molecule has 0 heterocycles. The number of aryl methyl sites for hydroxylation is 1. The molecule has 48 valence electrons. The van der Waals surface area contributed by atoms with Crippen LogP contribution in [0, 0.1) is 13.8 Å². The maximum atomic E-state index is 5.55. The minimum atomic E-state index is 0.425. The summed E-state index contributed by atoms with van der Waals surface area (Å²) in [6.07, 6.45) is 0. The average molecular weight is 144 g/mol. The van der Waals surface area contributed by atoms with Crippen molar-refractivity contribution in [3.8, 4) is 0 Å². The van der Waals surface area contributed by atoms with Gasteiger partial charge in [-0.1, -0.05) is 28.9 Å². The second-order valence-corrected chi connectivity index (χ2v) is 3.22. The molecule has 0 aliphatic heterocycles. The fourth-order valence-corrected chi connectivity index (χ4v) is 1.51. The van der Waals surface area contributed by atoms with E-state index in [9.17, 15) is 0 Å². The zero-order valence-electron chi connectivity index (χ0n) is 6.31. The third-order valence-electron chi connectivity index (χ3n) is 1.76. The van der Waals surface area contributed by atoms with Gasteiger partial charge < -0.3 is 0 Å². The Balaban J connectivity index is 3.14. The first-order chi connectivity index (χ1) is 4.75. The van der Waals surface area contributed by atoms with Gasteiger partial charge in [-0.15, -0.1) is 0 Å². The van der Waals surface area contributed by atoms with Crippen LogP contribution in [0.5, 0.6) is 0 Å². The van der Waals surface area contributed by atoms with Gasteiger partial charge in [0.15, 0.2) is 0 Å². The molecule has 0 bridgehead atoms. The lowest BCUT2D eigenvalue weighted by Crippen LogP contribution is -2.18. The monoisotopic (exact) mass is 144 g/mol. The van der Waals surface area contributed by atoms with Crippen molar-refractivity contribution < 1.29 is 0 Å². The average Bonchev–Trinajstić information content (AvgIpc) is 1.95. The van der Waals surface area contributed by atoms with Crippen molar-refractivity contribution in [2.75, 3.05) is 0 Å². The fraction of sp³-hybridized carbons (Fsp3) is 0.250. The van der Waals surface area contributed by atoms with Crippen molar-refractivity contribution in [2.24, 2.45) is 0 Å². The van der Waals surface area contributed by atoms with Crippen LogP contribution >= 0.6 is 0 Å². The Morgan fingerprint density at radius 1 is 1.30 bits per heavy atom. The van der Waals surface area contributed by atoms with E-state index in [4.69, 9.17) is 7.44 Å². The van der Waals surface area contributed by atoms with Crippen molar-refractivity contribution >= 4 is 22.0 Å². The Labute approximate surface area is 65.8 Å². The summed E-state index contributed by atoms with van der Waals surface area (Å²) in [5.41, 5.74) is 2.67. The van der Waals surface area contributed by atoms with Gasteiger partial charge in [-0.05, 0) is 19.4 Å². The molecule has 1 aromatic carbocycles. The second kappa shape index (κ2) is 3.06. The zero-order valence-corrected chi connectivity index (χ0v) is 7.31.